The van der Waals surface area contributed by atoms with Crippen LogP contribution in [-0.4, -0.2) is 64.8 Å². The van der Waals surface area contributed by atoms with Gasteiger partial charge in [-0.1, -0.05) is 64.6 Å². The number of rotatable bonds is 6. The molecule has 1 aromatic rings. The average Bonchev–Trinajstić information content (AvgIpc) is 3.17. The Bertz CT molecular complexity index is 1490. The van der Waals surface area contributed by atoms with Crippen LogP contribution in [0.5, 0.6) is 0 Å². The number of hydrogen-bond acceptors (Lipinski definition) is 10. The maximum Gasteiger partial charge on any atom is 0.331 e. The fourth-order valence-corrected chi connectivity index (χ4v) is 10.1. The molecule has 2 spiro atoms. The minimum atomic E-state index is -1.94. The number of carbonyl (C=O) groups is 5. The van der Waals surface area contributed by atoms with Crippen LogP contribution in [0.2, 0.25) is 0 Å². The standard InChI is InChI=1S/C35H42O10/c1-19-25(39)18-33(41)30(44-23(5)38)35-20(2)26(45-27(40)15-14-24-12-10-9-11-13-24)16-17-32(35,8)28(42-21(3)36)29(43-22(4)37)34(19,35)31(33,6)7/h9-15,19,26,28-30,41H,2,16-18H2,1,3-8H3/b15-14-/t19-,26+,28+,29+,30-,32+,33-,34-,35-/m1/s1. The quantitative estimate of drug-likeness (QED) is 0.213. The summed E-state index contributed by atoms with van der Waals surface area (Å²) >= 11 is 0. The van der Waals surface area contributed by atoms with Gasteiger partial charge >= 0.3 is 23.9 Å². The molecule has 4 aliphatic carbocycles. The molecule has 10 heteroatoms. The van der Waals surface area contributed by atoms with Crippen molar-refractivity contribution in [1.82, 2.24) is 0 Å². The van der Waals surface area contributed by atoms with E-state index >= 15 is 0 Å². The van der Waals surface area contributed by atoms with Gasteiger partial charge < -0.3 is 24.1 Å². The third kappa shape index (κ3) is 4.06. The highest BCUT2D eigenvalue weighted by atomic mass is 16.6. The van der Waals surface area contributed by atoms with E-state index in [-0.39, 0.29) is 25.0 Å². The first-order valence-electron chi connectivity index (χ1n) is 15.3. The van der Waals surface area contributed by atoms with E-state index in [2.05, 4.69) is 6.58 Å². The maximum absolute atomic E-state index is 14.0. The molecule has 2 bridgehead atoms. The van der Waals surface area contributed by atoms with Gasteiger partial charge in [0.1, 0.15) is 35.8 Å². The number of ketones is 1. The van der Waals surface area contributed by atoms with Crippen LogP contribution in [-0.2, 0) is 42.9 Å². The van der Waals surface area contributed by atoms with Gasteiger partial charge in [0.05, 0.1) is 5.41 Å². The average molecular weight is 623 g/mol. The monoisotopic (exact) mass is 622 g/mol. The Labute approximate surface area is 263 Å². The Morgan fingerprint density at radius 1 is 0.911 bits per heavy atom. The van der Waals surface area contributed by atoms with Crippen molar-refractivity contribution in [3.8, 4) is 0 Å². The summed E-state index contributed by atoms with van der Waals surface area (Å²) in [5.74, 6) is -3.88. The third-order valence-corrected chi connectivity index (χ3v) is 11.6. The van der Waals surface area contributed by atoms with Crippen LogP contribution in [0.15, 0.2) is 48.6 Å². The van der Waals surface area contributed by atoms with Crippen LogP contribution >= 0.6 is 0 Å². The van der Waals surface area contributed by atoms with Crippen LogP contribution in [0.25, 0.3) is 6.08 Å². The summed E-state index contributed by atoms with van der Waals surface area (Å²) in [5.41, 5.74) is -6.38. The Morgan fingerprint density at radius 2 is 1.49 bits per heavy atom. The van der Waals surface area contributed by atoms with E-state index in [0.717, 1.165) is 5.56 Å². The lowest BCUT2D eigenvalue weighted by molar-refractivity contribution is -0.220. The summed E-state index contributed by atoms with van der Waals surface area (Å²) in [6, 6.07) is 9.22. The van der Waals surface area contributed by atoms with Crippen LogP contribution in [0.4, 0.5) is 0 Å². The van der Waals surface area contributed by atoms with Gasteiger partial charge in [-0.3, -0.25) is 19.2 Å². The van der Waals surface area contributed by atoms with Gasteiger partial charge in [-0.2, -0.15) is 0 Å². The molecule has 0 heterocycles. The van der Waals surface area contributed by atoms with Gasteiger partial charge in [-0.05, 0) is 30.1 Å². The predicted molar refractivity (Wildman–Crippen MR) is 161 cm³/mol. The first-order chi connectivity index (χ1) is 20.9. The molecule has 4 saturated carbocycles. The Balaban J connectivity index is 1.77. The molecule has 0 amide bonds. The highest BCUT2D eigenvalue weighted by Crippen LogP contribution is 2.87. The molecule has 0 unspecified atom stereocenters. The van der Waals surface area contributed by atoms with Crippen molar-refractivity contribution in [2.75, 3.05) is 0 Å². The zero-order chi connectivity index (χ0) is 33.3. The van der Waals surface area contributed by atoms with Gasteiger partial charge in [0.2, 0.25) is 0 Å². The van der Waals surface area contributed by atoms with Crippen molar-refractivity contribution in [2.24, 2.45) is 27.6 Å². The molecule has 242 valence electrons. The largest absolute Gasteiger partial charge is 0.458 e. The second kappa shape index (κ2) is 10.6. The van der Waals surface area contributed by atoms with Gasteiger partial charge in [0.25, 0.3) is 0 Å². The van der Waals surface area contributed by atoms with E-state index < -0.39 is 81.5 Å². The zero-order valence-corrected chi connectivity index (χ0v) is 26.9. The van der Waals surface area contributed by atoms with E-state index in [1.165, 1.54) is 26.8 Å². The molecule has 45 heavy (non-hydrogen) atoms. The number of carbonyl (C=O) groups excluding carboxylic acids is 5. The lowest BCUT2D eigenvalue weighted by Gasteiger charge is -2.60. The number of Topliss-reactive ketones (excluding diaryl/α,β-unsaturated/α-hetero) is 1. The second-order valence-corrected chi connectivity index (χ2v) is 13.8. The van der Waals surface area contributed by atoms with E-state index in [1.54, 1.807) is 26.8 Å². The molecule has 4 fully saturated rings. The first kappa shape index (κ1) is 32.6. The highest BCUT2D eigenvalue weighted by Gasteiger charge is 2.96. The summed E-state index contributed by atoms with van der Waals surface area (Å²) in [6.45, 7) is 15.2. The fourth-order valence-electron chi connectivity index (χ4n) is 10.1. The molecule has 9 atom stereocenters. The van der Waals surface area contributed by atoms with Crippen LogP contribution < -0.4 is 0 Å². The van der Waals surface area contributed by atoms with E-state index in [1.807, 2.05) is 37.3 Å². The van der Waals surface area contributed by atoms with E-state index in [9.17, 15) is 29.1 Å². The second-order valence-electron chi connectivity index (χ2n) is 13.8. The maximum atomic E-state index is 14.0. The number of aliphatic hydroxyl groups is 1. The van der Waals surface area contributed by atoms with Gasteiger partial charge in [-0.25, -0.2) is 4.79 Å². The zero-order valence-electron chi connectivity index (χ0n) is 26.9. The molecule has 4 aliphatic rings. The third-order valence-electron chi connectivity index (χ3n) is 11.6. The van der Waals surface area contributed by atoms with Crippen LogP contribution in [0.3, 0.4) is 0 Å². The van der Waals surface area contributed by atoms with Crippen molar-refractivity contribution >= 4 is 35.7 Å². The van der Waals surface area contributed by atoms with Crippen molar-refractivity contribution in [3.05, 3.63) is 54.1 Å². The van der Waals surface area contributed by atoms with Crippen molar-refractivity contribution in [3.63, 3.8) is 0 Å². The molecule has 10 nitrogen and oxygen atoms in total. The smallest absolute Gasteiger partial charge is 0.331 e. The van der Waals surface area contributed by atoms with Gasteiger partial charge in [-0.15, -0.1) is 0 Å². The number of benzene rings is 1. The molecule has 0 aliphatic heterocycles. The molecule has 0 saturated heterocycles. The molecule has 1 N–H and O–H groups in total. The Hall–Kier alpha value is -3.79. The van der Waals surface area contributed by atoms with Crippen molar-refractivity contribution in [2.45, 2.75) is 97.7 Å². The first-order valence-corrected chi connectivity index (χ1v) is 15.3. The fraction of sp³-hybridized carbons (Fsp3) is 0.571. The normalized spacial score (nSPS) is 39.5. The Kier molecular flexibility index (Phi) is 7.71. The summed E-state index contributed by atoms with van der Waals surface area (Å²) in [6.07, 6.45) is -1.60. The molecular weight excluding hydrogens is 580 g/mol. The lowest BCUT2D eigenvalue weighted by atomic mass is 9.42. The number of ether oxygens (including phenoxy) is 4. The molecule has 0 radical (unpaired) electrons. The molecule has 1 aromatic carbocycles. The van der Waals surface area contributed by atoms with E-state index in [4.69, 9.17) is 18.9 Å². The minimum absolute atomic E-state index is 0.231. The summed E-state index contributed by atoms with van der Waals surface area (Å²) in [4.78, 5) is 65.5. The lowest BCUT2D eigenvalue weighted by Crippen LogP contribution is -2.65. The van der Waals surface area contributed by atoms with Crippen LogP contribution in [0, 0.1) is 27.6 Å². The molecule has 5 rings (SSSR count). The predicted octanol–water partition coefficient (Wildman–Crippen LogP) is 4.13. The topological polar surface area (TPSA) is 142 Å². The summed E-state index contributed by atoms with van der Waals surface area (Å²) in [5, 5.41) is 12.7. The van der Waals surface area contributed by atoms with Gasteiger partial charge in [0.15, 0.2) is 0 Å². The SMILES string of the molecule is C=C1[C@@H](OC(=O)/C=C\c2ccccc2)CC[C@@]2(C)[C@@H](OC(C)=O)[C@H](OC(C)=O)[C@@]34[C@H](C)C(=O)C[C@@](O)([C@@H](OC(C)=O)[C@@]132)C4(C)C. The van der Waals surface area contributed by atoms with Crippen LogP contribution in [0.1, 0.15) is 73.3 Å². The van der Waals surface area contributed by atoms with E-state index in [0.29, 0.717) is 5.57 Å². The Morgan fingerprint density at radius 3 is 2.07 bits per heavy atom. The number of hydrogen-bond donors (Lipinski definition) is 1. The van der Waals surface area contributed by atoms with Gasteiger partial charge in [0, 0.05) is 55.4 Å². The van der Waals surface area contributed by atoms with Crippen molar-refractivity contribution < 1.29 is 48.0 Å². The van der Waals surface area contributed by atoms with Crippen molar-refractivity contribution in [1.29, 1.82) is 0 Å². The minimum Gasteiger partial charge on any atom is -0.458 e. The molecular formula is C35H42O10. The summed E-state index contributed by atoms with van der Waals surface area (Å²) in [7, 11) is 0. The number of fused-ring (bicyclic) bond motifs is 1. The summed E-state index contributed by atoms with van der Waals surface area (Å²) < 4.78 is 24.2. The highest BCUT2D eigenvalue weighted by molar-refractivity contribution is 5.88. The number of esters is 4. The molecule has 0 aromatic heterocycles.